The molecule has 3 atom stereocenters. The van der Waals surface area contributed by atoms with Gasteiger partial charge in [0.2, 0.25) is 5.91 Å². The Bertz CT molecular complexity index is 505. The smallest absolute Gasteiger partial charge is 0.221 e. The number of carbonyl (C=O) groups excluding carboxylic acids is 1. The van der Waals surface area contributed by atoms with Crippen molar-refractivity contribution in [2.75, 3.05) is 13.1 Å². The summed E-state index contributed by atoms with van der Waals surface area (Å²) in [6.45, 7) is 10.4. The second-order valence-electron chi connectivity index (χ2n) is 7.37. The molecule has 128 valence electrons. The number of rotatable bonds is 6. The van der Waals surface area contributed by atoms with Crippen molar-refractivity contribution in [3.8, 4) is 0 Å². The van der Waals surface area contributed by atoms with Crippen LogP contribution in [0.15, 0.2) is 24.3 Å². The molecule has 4 nitrogen and oxygen atoms in total. The molecular formula is C19H31N3O. The van der Waals surface area contributed by atoms with Crippen LogP contribution >= 0.6 is 0 Å². The third-order valence-corrected chi connectivity index (χ3v) is 4.44. The van der Waals surface area contributed by atoms with E-state index in [9.17, 15) is 4.79 Å². The fourth-order valence-corrected chi connectivity index (χ4v) is 3.60. The van der Waals surface area contributed by atoms with Crippen LogP contribution in [0.1, 0.15) is 44.7 Å². The van der Waals surface area contributed by atoms with Crippen molar-refractivity contribution in [3.63, 3.8) is 0 Å². The van der Waals surface area contributed by atoms with E-state index >= 15 is 0 Å². The zero-order valence-electron chi connectivity index (χ0n) is 14.7. The summed E-state index contributed by atoms with van der Waals surface area (Å²) < 4.78 is 0. The summed E-state index contributed by atoms with van der Waals surface area (Å²) in [6.07, 6.45) is 1.70. The third-order valence-electron chi connectivity index (χ3n) is 4.44. The molecule has 1 aromatic carbocycles. The molecular weight excluding hydrogens is 286 g/mol. The number of hydrogen-bond acceptors (Lipinski definition) is 3. The first-order valence-electron chi connectivity index (χ1n) is 8.75. The van der Waals surface area contributed by atoms with E-state index in [-0.39, 0.29) is 11.9 Å². The van der Waals surface area contributed by atoms with Crippen molar-refractivity contribution < 1.29 is 4.79 Å². The molecule has 0 spiro atoms. The molecule has 3 unspecified atom stereocenters. The fourth-order valence-electron chi connectivity index (χ4n) is 3.60. The van der Waals surface area contributed by atoms with Gasteiger partial charge in [-0.1, -0.05) is 38.1 Å². The first-order valence-corrected chi connectivity index (χ1v) is 8.75. The standard InChI is InChI=1S/C19H31N3O/c1-14-8-15(2)12-22(11-14)13-18-7-5-4-6-17(18)10-21-19(23)9-16(3)20/h4-7,14-16H,8-13,20H2,1-3H3,(H,21,23). The molecule has 1 heterocycles. The van der Waals surface area contributed by atoms with Crippen LogP contribution in [0.3, 0.4) is 0 Å². The van der Waals surface area contributed by atoms with Gasteiger partial charge in [-0.25, -0.2) is 0 Å². The van der Waals surface area contributed by atoms with E-state index in [1.165, 1.54) is 17.5 Å². The summed E-state index contributed by atoms with van der Waals surface area (Å²) in [6, 6.07) is 8.31. The second-order valence-corrected chi connectivity index (χ2v) is 7.37. The van der Waals surface area contributed by atoms with E-state index < -0.39 is 0 Å². The Morgan fingerprint density at radius 3 is 2.48 bits per heavy atom. The van der Waals surface area contributed by atoms with Crippen molar-refractivity contribution in [1.29, 1.82) is 0 Å². The summed E-state index contributed by atoms with van der Waals surface area (Å²) in [5, 5.41) is 2.99. The van der Waals surface area contributed by atoms with Crippen LogP contribution in [0.25, 0.3) is 0 Å². The van der Waals surface area contributed by atoms with E-state index in [2.05, 4.69) is 42.3 Å². The second kappa shape index (κ2) is 8.46. The van der Waals surface area contributed by atoms with Gasteiger partial charge in [0, 0.05) is 38.6 Å². The first-order chi connectivity index (χ1) is 10.9. The number of hydrogen-bond donors (Lipinski definition) is 2. The molecule has 1 aliphatic rings. The first kappa shape index (κ1) is 18.0. The molecule has 0 aliphatic carbocycles. The molecule has 0 bridgehead atoms. The van der Waals surface area contributed by atoms with Gasteiger partial charge >= 0.3 is 0 Å². The monoisotopic (exact) mass is 317 g/mol. The molecule has 1 fully saturated rings. The maximum absolute atomic E-state index is 11.8. The Balaban J connectivity index is 1.96. The van der Waals surface area contributed by atoms with Crippen LogP contribution in [0, 0.1) is 11.8 Å². The minimum absolute atomic E-state index is 0.0232. The van der Waals surface area contributed by atoms with E-state index in [4.69, 9.17) is 5.73 Å². The number of nitrogens with one attached hydrogen (secondary N) is 1. The number of likely N-dealkylation sites (tertiary alicyclic amines) is 1. The SMILES string of the molecule is CC(N)CC(=O)NCc1ccccc1CN1CC(C)CC(C)C1. The highest BCUT2D eigenvalue weighted by molar-refractivity contribution is 5.76. The number of carbonyl (C=O) groups is 1. The van der Waals surface area contributed by atoms with Gasteiger partial charge in [0.05, 0.1) is 0 Å². The molecule has 0 saturated carbocycles. The lowest BCUT2D eigenvalue weighted by molar-refractivity contribution is -0.121. The van der Waals surface area contributed by atoms with Crippen molar-refractivity contribution in [2.24, 2.45) is 17.6 Å². The summed E-state index contributed by atoms with van der Waals surface area (Å²) >= 11 is 0. The van der Waals surface area contributed by atoms with Crippen LogP contribution < -0.4 is 11.1 Å². The van der Waals surface area contributed by atoms with Crippen molar-refractivity contribution in [2.45, 2.75) is 52.7 Å². The van der Waals surface area contributed by atoms with Gasteiger partial charge in [0.15, 0.2) is 0 Å². The van der Waals surface area contributed by atoms with E-state index in [0.29, 0.717) is 13.0 Å². The Labute approximate surface area is 140 Å². The highest BCUT2D eigenvalue weighted by Gasteiger charge is 2.22. The lowest BCUT2D eigenvalue weighted by atomic mass is 9.91. The maximum Gasteiger partial charge on any atom is 0.221 e. The predicted molar refractivity (Wildman–Crippen MR) is 94.8 cm³/mol. The lowest BCUT2D eigenvalue weighted by Gasteiger charge is -2.35. The van der Waals surface area contributed by atoms with E-state index in [1.54, 1.807) is 0 Å². The summed E-state index contributed by atoms with van der Waals surface area (Å²) in [5.41, 5.74) is 8.19. The average Bonchev–Trinajstić information content (AvgIpc) is 2.44. The zero-order chi connectivity index (χ0) is 16.8. The molecule has 0 radical (unpaired) electrons. The van der Waals surface area contributed by atoms with Gasteiger partial charge < -0.3 is 11.1 Å². The van der Waals surface area contributed by atoms with Crippen molar-refractivity contribution >= 4 is 5.91 Å². The molecule has 1 aromatic rings. The van der Waals surface area contributed by atoms with Gasteiger partial charge in [-0.15, -0.1) is 0 Å². The van der Waals surface area contributed by atoms with E-state index in [0.717, 1.165) is 31.5 Å². The zero-order valence-corrected chi connectivity index (χ0v) is 14.7. The summed E-state index contributed by atoms with van der Waals surface area (Å²) in [5.74, 6) is 1.54. The van der Waals surface area contributed by atoms with Gasteiger partial charge in [-0.3, -0.25) is 9.69 Å². The number of nitrogens with two attached hydrogens (primary N) is 1. The largest absolute Gasteiger partial charge is 0.352 e. The number of piperidine rings is 1. The Kier molecular flexibility index (Phi) is 6.60. The predicted octanol–water partition coefficient (Wildman–Crippen LogP) is 2.52. The molecule has 3 N–H and O–H groups in total. The summed E-state index contributed by atoms with van der Waals surface area (Å²) in [4.78, 5) is 14.4. The van der Waals surface area contributed by atoms with Gasteiger partial charge in [0.1, 0.15) is 0 Å². The molecule has 23 heavy (non-hydrogen) atoms. The van der Waals surface area contributed by atoms with Gasteiger partial charge in [-0.05, 0) is 36.3 Å². The minimum atomic E-state index is -0.0958. The Morgan fingerprint density at radius 1 is 1.26 bits per heavy atom. The molecule has 1 saturated heterocycles. The molecule has 1 amide bonds. The van der Waals surface area contributed by atoms with Crippen LogP contribution in [0.5, 0.6) is 0 Å². The van der Waals surface area contributed by atoms with Gasteiger partial charge in [0.25, 0.3) is 0 Å². The minimum Gasteiger partial charge on any atom is -0.352 e. The van der Waals surface area contributed by atoms with Crippen LogP contribution in [0.2, 0.25) is 0 Å². The topological polar surface area (TPSA) is 58.4 Å². The lowest BCUT2D eigenvalue weighted by Crippen LogP contribution is -2.38. The Hall–Kier alpha value is -1.39. The van der Waals surface area contributed by atoms with Crippen LogP contribution in [-0.2, 0) is 17.9 Å². The summed E-state index contributed by atoms with van der Waals surface area (Å²) in [7, 11) is 0. The highest BCUT2D eigenvalue weighted by Crippen LogP contribution is 2.23. The molecule has 0 aromatic heterocycles. The fraction of sp³-hybridized carbons (Fsp3) is 0.632. The normalized spacial score (nSPS) is 23.5. The molecule has 2 rings (SSSR count). The average molecular weight is 317 g/mol. The van der Waals surface area contributed by atoms with Crippen molar-refractivity contribution in [3.05, 3.63) is 35.4 Å². The quantitative estimate of drug-likeness (QED) is 0.847. The number of nitrogens with zero attached hydrogens (tertiary/aromatic N) is 1. The molecule has 4 heteroatoms. The van der Waals surface area contributed by atoms with Crippen molar-refractivity contribution in [1.82, 2.24) is 10.2 Å². The Morgan fingerprint density at radius 2 is 1.87 bits per heavy atom. The number of amides is 1. The van der Waals surface area contributed by atoms with E-state index in [1.807, 2.05) is 13.0 Å². The third kappa shape index (κ3) is 5.96. The van der Waals surface area contributed by atoms with Crippen LogP contribution in [0.4, 0.5) is 0 Å². The van der Waals surface area contributed by atoms with Gasteiger partial charge in [-0.2, -0.15) is 0 Å². The number of benzene rings is 1. The maximum atomic E-state index is 11.8. The van der Waals surface area contributed by atoms with Crippen LogP contribution in [-0.4, -0.2) is 29.9 Å². The molecule has 1 aliphatic heterocycles. The highest BCUT2D eigenvalue weighted by atomic mass is 16.1.